The molecule has 4 nitrogen and oxygen atoms in total. The van der Waals surface area contributed by atoms with Crippen LogP contribution in [0, 0.1) is 0 Å². The van der Waals surface area contributed by atoms with Crippen molar-refractivity contribution in [2.45, 2.75) is 58.5 Å². The van der Waals surface area contributed by atoms with Crippen LogP contribution in [0.25, 0.3) is 0 Å². The third-order valence-electron chi connectivity index (χ3n) is 3.11. The van der Waals surface area contributed by atoms with Crippen LogP contribution >= 0.6 is 0 Å². The van der Waals surface area contributed by atoms with Crippen molar-refractivity contribution in [1.29, 1.82) is 0 Å². The molecular formula is C12H25NO3. The van der Waals surface area contributed by atoms with Crippen molar-refractivity contribution in [3.8, 4) is 0 Å². The number of hydrogen-bond acceptors (Lipinski definition) is 3. The molecule has 4 heteroatoms. The summed E-state index contributed by atoms with van der Waals surface area (Å²) >= 11 is 0. The van der Waals surface area contributed by atoms with Gasteiger partial charge in [-0.25, -0.2) is 0 Å². The Morgan fingerprint density at radius 3 is 2.25 bits per heavy atom. The summed E-state index contributed by atoms with van der Waals surface area (Å²) in [6.07, 6.45) is 2.91. The predicted octanol–water partition coefficient (Wildman–Crippen LogP) is 1.72. The number of aliphatic carboxylic acids is 1. The third kappa shape index (κ3) is 5.47. The average Bonchev–Trinajstić information content (AvgIpc) is 2.26. The highest BCUT2D eigenvalue weighted by molar-refractivity contribution is 5.66. The Bertz CT molecular complexity index is 193. The zero-order chi connectivity index (χ0) is 12.6. The number of carbonyl (C=O) groups is 1. The first-order chi connectivity index (χ1) is 7.56. The van der Waals surface area contributed by atoms with Gasteiger partial charge in [0, 0.05) is 25.0 Å². The maximum Gasteiger partial charge on any atom is 0.303 e. The summed E-state index contributed by atoms with van der Waals surface area (Å²) in [5, 5.41) is 17.7. The first-order valence-corrected chi connectivity index (χ1v) is 6.15. The highest BCUT2D eigenvalue weighted by Crippen LogP contribution is 2.15. The summed E-state index contributed by atoms with van der Waals surface area (Å²) in [7, 11) is 0. The molecule has 2 N–H and O–H groups in total. The molecule has 0 aromatic rings. The van der Waals surface area contributed by atoms with Gasteiger partial charge in [-0.05, 0) is 26.2 Å². The van der Waals surface area contributed by atoms with Gasteiger partial charge in [-0.1, -0.05) is 13.8 Å². The van der Waals surface area contributed by atoms with Crippen LogP contribution in [0.3, 0.4) is 0 Å². The molecule has 0 aliphatic carbocycles. The molecule has 0 aliphatic heterocycles. The van der Waals surface area contributed by atoms with E-state index in [0.717, 1.165) is 12.8 Å². The van der Waals surface area contributed by atoms with Crippen LogP contribution in [0.4, 0.5) is 0 Å². The number of hydrogen-bond donors (Lipinski definition) is 2. The molecule has 96 valence electrons. The summed E-state index contributed by atoms with van der Waals surface area (Å²) in [5.41, 5.74) is 0. The van der Waals surface area contributed by atoms with Crippen LogP contribution in [-0.4, -0.2) is 46.3 Å². The van der Waals surface area contributed by atoms with E-state index in [2.05, 4.69) is 18.7 Å². The lowest BCUT2D eigenvalue weighted by molar-refractivity contribution is -0.137. The second-order valence-corrected chi connectivity index (χ2v) is 4.21. The van der Waals surface area contributed by atoms with Crippen LogP contribution < -0.4 is 0 Å². The third-order valence-corrected chi connectivity index (χ3v) is 3.11. The topological polar surface area (TPSA) is 60.8 Å². The summed E-state index contributed by atoms with van der Waals surface area (Å²) in [6.45, 7) is 7.06. The molecule has 16 heavy (non-hydrogen) atoms. The van der Waals surface area contributed by atoms with E-state index in [1.54, 1.807) is 0 Å². The predicted molar refractivity (Wildman–Crippen MR) is 64.5 cm³/mol. The largest absolute Gasteiger partial charge is 0.481 e. The number of nitrogens with zero attached hydrogens (tertiary/aromatic N) is 1. The van der Waals surface area contributed by atoms with E-state index in [9.17, 15) is 4.79 Å². The van der Waals surface area contributed by atoms with E-state index in [0.29, 0.717) is 19.0 Å². The van der Waals surface area contributed by atoms with Gasteiger partial charge < -0.3 is 10.2 Å². The molecule has 0 aliphatic rings. The summed E-state index contributed by atoms with van der Waals surface area (Å²) in [4.78, 5) is 12.8. The van der Waals surface area contributed by atoms with E-state index in [-0.39, 0.29) is 19.1 Å². The van der Waals surface area contributed by atoms with Crippen molar-refractivity contribution in [2.75, 3.05) is 13.2 Å². The Morgan fingerprint density at radius 2 is 1.88 bits per heavy atom. The number of carboxylic acids is 1. The molecule has 0 aromatic carbocycles. The van der Waals surface area contributed by atoms with Crippen molar-refractivity contribution in [3.05, 3.63) is 0 Å². The molecule has 0 spiro atoms. The molecule has 1 atom stereocenters. The van der Waals surface area contributed by atoms with E-state index in [4.69, 9.17) is 10.2 Å². The van der Waals surface area contributed by atoms with Crippen LogP contribution in [0.15, 0.2) is 0 Å². The van der Waals surface area contributed by atoms with Gasteiger partial charge in [-0.3, -0.25) is 9.69 Å². The number of aliphatic hydroxyl groups is 1. The molecule has 0 saturated carbocycles. The molecule has 1 unspecified atom stereocenters. The minimum absolute atomic E-state index is 0.133. The van der Waals surface area contributed by atoms with Gasteiger partial charge in [0.15, 0.2) is 0 Å². The minimum atomic E-state index is -0.750. The lowest BCUT2D eigenvalue weighted by Gasteiger charge is -2.35. The number of rotatable bonds is 9. The quantitative estimate of drug-likeness (QED) is 0.634. The van der Waals surface area contributed by atoms with Crippen LogP contribution in [0.1, 0.15) is 46.5 Å². The standard InChI is InChI=1S/C12H25NO3/c1-4-11(5-2)13(8-9-14)10(3)6-7-12(15)16/h10-11,14H,4-9H2,1-3H3,(H,15,16). The molecule has 0 rings (SSSR count). The average molecular weight is 231 g/mol. The first kappa shape index (κ1) is 15.4. The van der Waals surface area contributed by atoms with Gasteiger partial charge in [0.05, 0.1) is 6.61 Å². The van der Waals surface area contributed by atoms with Crippen LogP contribution in [0.5, 0.6) is 0 Å². The Morgan fingerprint density at radius 1 is 1.31 bits per heavy atom. The number of aliphatic hydroxyl groups excluding tert-OH is 1. The van der Waals surface area contributed by atoms with Gasteiger partial charge in [0.1, 0.15) is 0 Å². The van der Waals surface area contributed by atoms with Gasteiger partial charge >= 0.3 is 5.97 Å². The Balaban J connectivity index is 4.31. The fourth-order valence-electron chi connectivity index (χ4n) is 2.13. The van der Waals surface area contributed by atoms with E-state index >= 15 is 0 Å². The monoisotopic (exact) mass is 231 g/mol. The highest BCUT2D eigenvalue weighted by atomic mass is 16.4. The molecule has 0 heterocycles. The second kappa shape index (κ2) is 8.53. The SMILES string of the molecule is CCC(CC)N(CCO)C(C)CCC(=O)O. The zero-order valence-corrected chi connectivity index (χ0v) is 10.6. The van der Waals surface area contributed by atoms with E-state index in [1.807, 2.05) is 6.92 Å². The lowest BCUT2D eigenvalue weighted by Crippen LogP contribution is -2.43. The smallest absolute Gasteiger partial charge is 0.303 e. The molecule has 0 radical (unpaired) electrons. The number of carboxylic acid groups (broad SMARTS) is 1. The Hall–Kier alpha value is -0.610. The minimum Gasteiger partial charge on any atom is -0.481 e. The maximum atomic E-state index is 10.5. The van der Waals surface area contributed by atoms with Crippen LogP contribution in [-0.2, 0) is 4.79 Å². The van der Waals surface area contributed by atoms with Crippen molar-refractivity contribution in [1.82, 2.24) is 4.90 Å². The lowest BCUT2D eigenvalue weighted by atomic mass is 10.0. The summed E-state index contributed by atoms with van der Waals surface area (Å²) in [6, 6.07) is 0.657. The molecule has 0 aromatic heterocycles. The van der Waals surface area contributed by atoms with Crippen molar-refractivity contribution in [3.63, 3.8) is 0 Å². The Labute approximate surface area is 98.3 Å². The van der Waals surface area contributed by atoms with Crippen LogP contribution in [0.2, 0.25) is 0 Å². The zero-order valence-electron chi connectivity index (χ0n) is 10.6. The maximum absolute atomic E-state index is 10.5. The normalized spacial score (nSPS) is 13.4. The fraction of sp³-hybridized carbons (Fsp3) is 0.917. The van der Waals surface area contributed by atoms with Gasteiger partial charge in [0.2, 0.25) is 0 Å². The molecule has 0 fully saturated rings. The summed E-state index contributed by atoms with van der Waals surface area (Å²) < 4.78 is 0. The summed E-state index contributed by atoms with van der Waals surface area (Å²) in [5.74, 6) is -0.750. The van der Waals surface area contributed by atoms with Crippen molar-refractivity contribution in [2.24, 2.45) is 0 Å². The molecule has 0 saturated heterocycles. The second-order valence-electron chi connectivity index (χ2n) is 4.21. The highest BCUT2D eigenvalue weighted by Gasteiger charge is 2.20. The first-order valence-electron chi connectivity index (χ1n) is 6.15. The molecule has 0 amide bonds. The molecular weight excluding hydrogens is 206 g/mol. The Kier molecular flexibility index (Phi) is 8.21. The fourth-order valence-corrected chi connectivity index (χ4v) is 2.13. The van der Waals surface area contributed by atoms with Gasteiger partial charge in [-0.15, -0.1) is 0 Å². The van der Waals surface area contributed by atoms with Gasteiger partial charge in [-0.2, -0.15) is 0 Å². The van der Waals surface area contributed by atoms with E-state index in [1.165, 1.54) is 0 Å². The molecule has 0 bridgehead atoms. The van der Waals surface area contributed by atoms with Gasteiger partial charge in [0.25, 0.3) is 0 Å². The van der Waals surface area contributed by atoms with Crippen molar-refractivity contribution >= 4 is 5.97 Å². The van der Waals surface area contributed by atoms with E-state index < -0.39 is 5.97 Å². The van der Waals surface area contributed by atoms with Crippen molar-refractivity contribution < 1.29 is 15.0 Å².